The monoisotopic (exact) mass is 1090 g/mol. The van der Waals surface area contributed by atoms with Crippen LogP contribution in [0.15, 0.2) is 132 Å². The number of likely N-dealkylation sites (N-methyl/N-ethyl adjacent to an activating group) is 2. The van der Waals surface area contributed by atoms with E-state index in [0.717, 1.165) is 88.7 Å². The number of nitrogens with zero attached hydrogens (tertiary/aromatic N) is 4. The summed E-state index contributed by atoms with van der Waals surface area (Å²) in [5.74, 6) is -0.402. The third-order valence-electron chi connectivity index (χ3n) is 15.4. The van der Waals surface area contributed by atoms with Crippen molar-refractivity contribution in [2.24, 2.45) is 5.41 Å². The number of imidazole rings is 1. The third kappa shape index (κ3) is 13.1. The van der Waals surface area contributed by atoms with Crippen LogP contribution >= 0.6 is 11.3 Å². The number of pyridine rings is 1. The van der Waals surface area contributed by atoms with Crippen LogP contribution in [0.25, 0.3) is 54.9 Å². The van der Waals surface area contributed by atoms with E-state index in [0.29, 0.717) is 50.0 Å². The minimum Gasteiger partial charge on any atom is -0.397 e. The normalized spacial score (nSPS) is 14.4. The van der Waals surface area contributed by atoms with Gasteiger partial charge in [-0.15, -0.1) is 11.3 Å². The Kier molecular flexibility index (Phi) is 17.4. The number of nitrogen functional groups attached to an aromatic ring is 1. The Balaban J connectivity index is 0.701. The summed E-state index contributed by atoms with van der Waals surface area (Å²) in [5.41, 5.74) is 13.5. The van der Waals surface area contributed by atoms with Crippen molar-refractivity contribution in [3.8, 4) is 33.0 Å². The average Bonchev–Trinajstić information content (AvgIpc) is 4.24. The zero-order valence-corrected chi connectivity index (χ0v) is 46.7. The molecule has 2 atom stereocenters. The molecule has 7 N–H and O–H groups in total. The number of H-pyrrole nitrogens is 2. The number of nitrogens with one attached hydrogen (secondary N) is 5. The molecule has 8 aromatic rings. The van der Waals surface area contributed by atoms with Crippen LogP contribution in [0.3, 0.4) is 0 Å². The van der Waals surface area contributed by atoms with E-state index in [2.05, 4.69) is 95.0 Å². The second-order valence-corrected chi connectivity index (χ2v) is 22.3. The quantitative estimate of drug-likeness (QED) is 0.0380. The number of rotatable bonds is 22. The summed E-state index contributed by atoms with van der Waals surface area (Å²) in [5, 5.41) is 11.3. The maximum absolute atomic E-state index is 14.7. The van der Waals surface area contributed by atoms with Gasteiger partial charge in [-0.2, -0.15) is 0 Å². The summed E-state index contributed by atoms with van der Waals surface area (Å²) in [7, 11) is 3.63. The topological polar surface area (TPSA) is 194 Å². The van der Waals surface area contributed by atoms with E-state index in [1.165, 1.54) is 12.1 Å². The Bertz CT molecular complexity index is 3500. The zero-order chi connectivity index (χ0) is 55.8. The molecule has 17 heteroatoms. The number of anilines is 3. The smallest absolute Gasteiger partial charge is 0.261 e. The molecule has 0 bridgehead atoms. The molecular weight excluding hydrogens is 1020 g/mol. The van der Waals surface area contributed by atoms with Crippen molar-refractivity contribution in [3.63, 3.8) is 0 Å². The molecular formula is C62H71FN10O5S. The van der Waals surface area contributed by atoms with Gasteiger partial charge in [-0.25, -0.2) is 9.37 Å². The first-order valence-electron chi connectivity index (χ1n) is 27.1. The second kappa shape index (κ2) is 24.5. The van der Waals surface area contributed by atoms with E-state index < -0.39 is 28.4 Å². The SMILES string of the molecule is CCC(C)(CCC(=O)NCCN1CCN(c2ccc3nc(-c4c(N)c5c(F)cccc5[nH]c4=O)[nH]c3c2)CC1)OCCC(C)(C)C(=O)Nc1ccsc1-c1cccc(-c2ccc(CN(C)[C@@H](C(=O)NC)c3ccccc3)cc2)c1. The van der Waals surface area contributed by atoms with Crippen LogP contribution in [0.4, 0.5) is 21.5 Å². The number of amides is 3. The van der Waals surface area contributed by atoms with Crippen LogP contribution in [0.5, 0.6) is 0 Å². The van der Waals surface area contributed by atoms with E-state index in [4.69, 9.17) is 10.5 Å². The highest BCUT2D eigenvalue weighted by Gasteiger charge is 2.32. The molecule has 0 radical (unpaired) electrons. The number of hydrogen-bond acceptors (Lipinski definition) is 11. The van der Waals surface area contributed by atoms with Crippen molar-refractivity contribution in [1.29, 1.82) is 0 Å². The number of benzene rings is 5. The fourth-order valence-corrected chi connectivity index (χ4v) is 11.1. The molecule has 0 saturated carbocycles. The molecule has 1 aliphatic heterocycles. The first kappa shape index (κ1) is 56.0. The number of hydrogen-bond donors (Lipinski definition) is 6. The summed E-state index contributed by atoms with van der Waals surface area (Å²) < 4.78 is 21.2. The van der Waals surface area contributed by atoms with Crippen LogP contribution in [-0.4, -0.2) is 108 Å². The van der Waals surface area contributed by atoms with Gasteiger partial charge in [0.1, 0.15) is 23.2 Å². The summed E-state index contributed by atoms with van der Waals surface area (Å²) in [6.45, 7) is 13.5. The molecule has 3 aromatic heterocycles. The minimum absolute atomic E-state index is 0.0159. The molecule has 3 amide bonds. The fourth-order valence-electron chi connectivity index (χ4n) is 10.3. The second-order valence-electron chi connectivity index (χ2n) is 21.4. The van der Waals surface area contributed by atoms with Gasteiger partial charge >= 0.3 is 0 Å². The van der Waals surface area contributed by atoms with Crippen molar-refractivity contribution in [1.82, 2.24) is 35.4 Å². The maximum atomic E-state index is 14.7. The van der Waals surface area contributed by atoms with Crippen molar-refractivity contribution in [2.75, 3.05) is 75.9 Å². The number of carbonyl (C=O) groups excluding carboxylic acids is 3. The van der Waals surface area contributed by atoms with Gasteiger partial charge in [-0.1, -0.05) is 99.6 Å². The average molecular weight is 1090 g/mol. The summed E-state index contributed by atoms with van der Waals surface area (Å²) in [6.07, 6.45) is 2.11. The molecule has 5 aromatic carbocycles. The molecule has 79 heavy (non-hydrogen) atoms. The molecule has 412 valence electrons. The molecule has 1 saturated heterocycles. The lowest BCUT2D eigenvalue weighted by Gasteiger charge is -2.36. The maximum Gasteiger partial charge on any atom is 0.261 e. The molecule has 0 aliphatic carbocycles. The van der Waals surface area contributed by atoms with Crippen molar-refractivity contribution in [3.05, 3.63) is 154 Å². The van der Waals surface area contributed by atoms with Crippen LogP contribution in [0.2, 0.25) is 0 Å². The highest BCUT2D eigenvalue weighted by molar-refractivity contribution is 7.14. The van der Waals surface area contributed by atoms with Gasteiger partial charge in [0, 0.05) is 77.0 Å². The van der Waals surface area contributed by atoms with Crippen molar-refractivity contribution < 1.29 is 23.5 Å². The number of ether oxygens (including phenoxy) is 1. The highest BCUT2D eigenvalue weighted by atomic mass is 32.1. The standard InChI is InChI=1S/C62H71FN10O5S/c1-7-62(4,27-25-51(74)66-29-30-72-31-33-73(34-32-72)45-23-24-47-50(38-45)68-57(67-47)53-54(64)52-46(63)17-12-18-48(52)69-58(53)75)78-35-28-61(2,3)60(77)70-49-26-36-79-56(49)44-16-11-15-43(37-44)41-21-19-40(20-22-41)39-71(6)55(59(76)65-5)42-13-9-8-10-14-42/h8-24,26,36-38,55H,7,25,27-35,39H2,1-6H3,(H,65,76)(H,66,74)(H,67,68)(H,70,77)(H3,64,69,75)/t55-,62?/m1/s1. The lowest BCUT2D eigenvalue weighted by Crippen LogP contribution is -2.48. The first-order chi connectivity index (χ1) is 38.0. The largest absolute Gasteiger partial charge is 0.397 e. The number of carbonyl (C=O) groups is 3. The predicted molar refractivity (Wildman–Crippen MR) is 317 cm³/mol. The molecule has 0 spiro atoms. The summed E-state index contributed by atoms with van der Waals surface area (Å²) >= 11 is 1.58. The Hall–Kier alpha value is -7.70. The minimum atomic E-state index is -0.728. The van der Waals surface area contributed by atoms with Gasteiger partial charge in [0.2, 0.25) is 17.7 Å². The van der Waals surface area contributed by atoms with Gasteiger partial charge < -0.3 is 41.3 Å². The molecule has 1 unspecified atom stereocenters. The lowest BCUT2D eigenvalue weighted by atomic mass is 9.88. The van der Waals surface area contributed by atoms with Gasteiger partial charge in [0.25, 0.3) is 5.56 Å². The highest BCUT2D eigenvalue weighted by Crippen LogP contribution is 2.38. The summed E-state index contributed by atoms with van der Waals surface area (Å²) in [4.78, 5) is 71.2. The molecule has 1 aliphatic rings. The van der Waals surface area contributed by atoms with Gasteiger partial charge in [-0.05, 0) is 109 Å². The van der Waals surface area contributed by atoms with Crippen LogP contribution in [0.1, 0.15) is 70.5 Å². The first-order valence-corrected chi connectivity index (χ1v) is 27.9. The van der Waals surface area contributed by atoms with Crippen molar-refractivity contribution in [2.45, 2.75) is 71.6 Å². The number of aromatic nitrogens is 3. The lowest BCUT2D eigenvalue weighted by molar-refractivity contribution is -0.127. The Morgan fingerprint density at radius 2 is 1.61 bits per heavy atom. The van der Waals surface area contributed by atoms with E-state index in [1.807, 2.05) is 93.9 Å². The number of aromatic amines is 2. The number of thiophene rings is 1. The van der Waals surface area contributed by atoms with E-state index in [1.54, 1.807) is 24.5 Å². The Morgan fingerprint density at radius 3 is 2.35 bits per heavy atom. The van der Waals surface area contributed by atoms with Crippen LogP contribution in [-0.2, 0) is 25.7 Å². The Morgan fingerprint density at radius 1 is 0.861 bits per heavy atom. The van der Waals surface area contributed by atoms with Crippen LogP contribution in [0, 0.1) is 11.2 Å². The number of piperazine rings is 1. The van der Waals surface area contributed by atoms with Gasteiger partial charge in [0.05, 0.1) is 43.8 Å². The molecule has 9 rings (SSSR count). The molecule has 4 heterocycles. The molecule has 15 nitrogen and oxygen atoms in total. The number of halogens is 1. The van der Waals surface area contributed by atoms with Crippen molar-refractivity contribution >= 4 is 68.1 Å². The summed E-state index contributed by atoms with van der Waals surface area (Å²) in [6, 6.07) is 38.5. The van der Waals surface area contributed by atoms with Crippen LogP contribution < -0.4 is 32.1 Å². The zero-order valence-electron chi connectivity index (χ0n) is 45.9. The van der Waals surface area contributed by atoms with E-state index in [9.17, 15) is 23.6 Å². The fraction of sp³-hybridized carbons (Fsp3) is 0.339. The number of nitrogens with two attached hydrogens (primary N) is 1. The van der Waals surface area contributed by atoms with Gasteiger partial charge in [-0.3, -0.25) is 29.0 Å². The third-order valence-corrected chi connectivity index (χ3v) is 16.4. The molecule has 1 fully saturated rings. The van der Waals surface area contributed by atoms with E-state index >= 15 is 0 Å². The van der Waals surface area contributed by atoms with Gasteiger partial charge in [0.15, 0.2) is 0 Å². The number of fused-ring (bicyclic) bond motifs is 2. The van der Waals surface area contributed by atoms with E-state index in [-0.39, 0.29) is 40.2 Å². The predicted octanol–water partition coefficient (Wildman–Crippen LogP) is 10.4. The Labute approximate surface area is 464 Å².